The van der Waals surface area contributed by atoms with Gasteiger partial charge in [-0.3, -0.25) is 4.90 Å². The maximum Gasteiger partial charge on any atom is 0.0362 e. The predicted molar refractivity (Wildman–Crippen MR) is 79.1 cm³/mol. The summed E-state index contributed by atoms with van der Waals surface area (Å²) < 4.78 is 0. The summed E-state index contributed by atoms with van der Waals surface area (Å²) in [7, 11) is 2.32. The topological polar surface area (TPSA) is 32.5 Å². The van der Waals surface area contributed by atoms with E-state index in [0.717, 1.165) is 23.9 Å². The summed E-state index contributed by atoms with van der Waals surface area (Å²) in [6.07, 6.45) is 5.38. The van der Waals surface area contributed by atoms with Crippen LogP contribution in [0.1, 0.15) is 32.6 Å². The van der Waals surface area contributed by atoms with Crippen molar-refractivity contribution in [2.45, 2.75) is 55.5 Å². The van der Waals surface area contributed by atoms with E-state index in [1.807, 2.05) is 0 Å². The van der Waals surface area contributed by atoms with E-state index in [1.54, 1.807) is 0 Å². The Morgan fingerprint density at radius 1 is 1.28 bits per heavy atom. The number of hydrogen-bond acceptors (Lipinski definition) is 4. The van der Waals surface area contributed by atoms with E-state index in [-0.39, 0.29) is 0 Å². The van der Waals surface area contributed by atoms with Crippen molar-refractivity contribution >= 4 is 11.8 Å². The van der Waals surface area contributed by atoms with Gasteiger partial charge in [0.15, 0.2) is 0 Å². The lowest BCUT2D eigenvalue weighted by molar-refractivity contribution is 0.00339. The molecule has 2 N–H and O–H groups in total. The van der Waals surface area contributed by atoms with Gasteiger partial charge in [0.25, 0.3) is 0 Å². The van der Waals surface area contributed by atoms with E-state index in [4.69, 9.17) is 5.73 Å². The molecule has 0 spiro atoms. The third-order valence-corrected chi connectivity index (χ3v) is 6.64. The number of fused-ring (bicyclic) bond motifs is 2. The van der Waals surface area contributed by atoms with Gasteiger partial charge in [-0.05, 0) is 32.7 Å². The van der Waals surface area contributed by atoms with Crippen LogP contribution in [0.2, 0.25) is 0 Å². The maximum atomic E-state index is 6.25. The minimum absolute atomic E-state index is 0.313. The van der Waals surface area contributed by atoms with Crippen LogP contribution >= 0.6 is 11.8 Å². The van der Waals surface area contributed by atoms with Crippen LogP contribution in [0.3, 0.4) is 0 Å². The lowest BCUT2D eigenvalue weighted by atomic mass is 9.81. The van der Waals surface area contributed by atoms with E-state index in [2.05, 4.69) is 35.5 Å². The lowest BCUT2D eigenvalue weighted by Crippen LogP contribution is -2.64. The Balaban J connectivity index is 1.78. The Kier molecular flexibility index (Phi) is 3.65. The summed E-state index contributed by atoms with van der Waals surface area (Å²) >= 11 is 2.12. The van der Waals surface area contributed by atoms with Crippen molar-refractivity contribution in [3.05, 3.63) is 0 Å². The zero-order chi connectivity index (χ0) is 12.8. The molecule has 3 rings (SSSR count). The zero-order valence-electron chi connectivity index (χ0n) is 11.8. The first-order valence-corrected chi connectivity index (χ1v) is 8.48. The lowest BCUT2D eigenvalue weighted by Gasteiger charge is -2.52. The SMILES string of the molecule is CC1CN(C2(CN)CC3CCC(C2)N3C)CCS1. The van der Waals surface area contributed by atoms with Gasteiger partial charge in [-0.2, -0.15) is 11.8 Å². The molecular formula is C14H27N3S. The van der Waals surface area contributed by atoms with Gasteiger partial charge in [0.2, 0.25) is 0 Å². The molecule has 3 nitrogen and oxygen atoms in total. The van der Waals surface area contributed by atoms with Gasteiger partial charge in [0.1, 0.15) is 0 Å². The molecule has 0 aromatic heterocycles. The van der Waals surface area contributed by atoms with Crippen LogP contribution in [0, 0.1) is 0 Å². The quantitative estimate of drug-likeness (QED) is 0.821. The van der Waals surface area contributed by atoms with E-state index in [0.29, 0.717) is 5.54 Å². The second-order valence-electron chi connectivity index (χ2n) is 6.51. The van der Waals surface area contributed by atoms with Crippen molar-refractivity contribution < 1.29 is 0 Å². The Morgan fingerprint density at radius 2 is 1.94 bits per heavy atom. The summed E-state index contributed by atoms with van der Waals surface area (Å²) in [5.41, 5.74) is 6.56. The number of hydrogen-bond donors (Lipinski definition) is 1. The Morgan fingerprint density at radius 3 is 2.50 bits per heavy atom. The van der Waals surface area contributed by atoms with Gasteiger partial charge in [0, 0.05) is 48.3 Å². The van der Waals surface area contributed by atoms with Crippen molar-refractivity contribution in [3.8, 4) is 0 Å². The van der Waals surface area contributed by atoms with Crippen molar-refractivity contribution in [1.29, 1.82) is 0 Å². The average molecular weight is 269 g/mol. The van der Waals surface area contributed by atoms with Crippen molar-refractivity contribution in [2.75, 3.05) is 32.4 Å². The van der Waals surface area contributed by atoms with Gasteiger partial charge < -0.3 is 10.6 Å². The number of nitrogens with two attached hydrogens (primary N) is 1. The molecule has 3 unspecified atom stereocenters. The molecule has 0 amide bonds. The third-order valence-electron chi connectivity index (χ3n) is 5.51. The van der Waals surface area contributed by atoms with Crippen LogP contribution in [-0.2, 0) is 0 Å². The first-order valence-electron chi connectivity index (χ1n) is 7.43. The normalized spacial score (nSPS) is 46.5. The summed E-state index contributed by atoms with van der Waals surface area (Å²) in [5.74, 6) is 1.29. The highest BCUT2D eigenvalue weighted by Crippen LogP contribution is 2.43. The highest BCUT2D eigenvalue weighted by Gasteiger charge is 2.49. The van der Waals surface area contributed by atoms with Crippen molar-refractivity contribution in [3.63, 3.8) is 0 Å². The molecule has 18 heavy (non-hydrogen) atoms. The van der Waals surface area contributed by atoms with E-state index >= 15 is 0 Å². The summed E-state index contributed by atoms with van der Waals surface area (Å²) in [6.45, 7) is 5.70. The molecule has 0 saturated carbocycles. The fraction of sp³-hybridized carbons (Fsp3) is 1.00. The minimum atomic E-state index is 0.313. The molecule has 2 bridgehead atoms. The van der Waals surface area contributed by atoms with Gasteiger partial charge >= 0.3 is 0 Å². The fourth-order valence-corrected chi connectivity index (χ4v) is 5.36. The average Bonchev–Trinajstić information content (AvgIpc) is 2.62. The highest BCUT2D eigenvalue weighted by molar-refractivity contribution is 7.99. The number of piperidine rings is 1. The highest BCUT2D eigenvalue weighted by atomic mass is 32.2. The maximum absolute atomic E-state index is 6.25. The molecular weight excluding hydrogens is 242 g/mol. The van der Waals surface area contributed by atoms with Crippen molar-refractivity contribution in [2.24, 2.45) is 5.73 Å². The predicted octanol–water partition coefficient (Wildman–Crippen LogP) is 1.38. The molecule has 3 saturated heterocycles. The van der Waals surface area contributed by atoms with E-state index in [9.17, 15) is 0 Å². The van der Waals surface area contributed by atoms with Crippen LogP contribution in [0.25, 0.3) is 0 Å². The molecule has 3 fully saturated rings. The molecule has 4 heteroatoms. The third kappa shape index (κ3) is 2.11. The molecule has 0 aromatic rings. The molecule has 3 atom stereocenters. The van der Waals surface area contributed by atoms with E-state index in [1.165, 1.54) is 44.5 Å². The second kappa shape index (κ2) is 4.97. The Bertz CT molecular complexity index is 295. The number of thioether (sulfide) groups is 1. The molecule has 0 aromatic carbocycles. The van der Waals surface area contributed by atoms with Crippen LogP contribution in [0.4, 0.5) is 0 Å². The minimum Gasteiger partial charge on any atom is -0.329 e. The van der Waals surface area contributed by atoms with Gasteiger partial charge in [0.05, 0.1) is 0 Å². The largest absolute Gasteiger partial charge is 0.329 e. The van der Waals surface area contributed by atoms with Crippen molar-refractivity contribution in [1.82, 2.24) is 9.80 Å². The molecule has 3 heterocycles. The van der Waals surface area contributed by atoms with Crippen LogP contribution < -0.4 is 5.73 Å². The zero-order valence-corrected chi connectivity index (χ0v) is 12.6. The van der Waals surface area contributed by atoms with Gasteiger partial charge in [-0.25, -0.2) is 0 Å². The molecule has 0 radical (unpaired) electrons. The molecule has 104 valence electrons. The van der Waals surface area contributed by atoms with Gasteiger partial charge in [-0.1, -0.05) is 6.92 Å². The summed E-state index contributed by atoms with van der Waals surface area (Å²) in [6, 6.07) is 1.58. The number of rotatable bonds is 2. The molecule has 3 aliphatic heterocycles. The Labute approximate surface area is 115 Å². The fourth-order valence-electron chi connectivity index (χ4n) is 4.35. The standard InChI is InChI=1S/C14H27N3S/c1-11-9-17(5-6-18-11)14(10-15)7-12-3-4-13(8-14)16(12)2/h11-13H,3-10,15H2,1-2H3. The van der Waals surface area contributed by atoms with Crippen LogP contribution in [-0.4, -0.2) is 65.1 Å². The van der Waals surface area contributed by atoms with E-state index < -0.39 is 0 Å². The summed E-state index contributed by atoms with van der Waals surface area (Å²) in [4.78, 5) is 5.36. The summed E-state index contributed by atoms with van der Waals surface area (Å²) in [5, 5.41) is 0.777. The number of nitrogens with zero attached hydrogens (tertiary/aromatic N) is 2. The first kappa shape index (κ1) is 13.2. The molecule has 3 aliphatic rings. The van der Waals surface area contributed by atoms with Crippen LogP contribution in [0.15, 0.2) is 0 Å². The smallest absolute Gasteiger partial charge is 0.0362 e. The van der Waals surface area contributed by atoms with Gasteiger partial charge in [-0.15, -0.1) is 0 Å². The monoisotopic (exact) mass is 269 g/mol. The van der Waals surface area contributed by atoms with Crippen LogP contribution in [0.5, 0.6) is 0 Å². The first-order chi connectivity index (χ1) is 8.64. The Hall–Kier alpha value is 0.230. The molecule has 0 aliphatic carbocycles. The second-order valence-corrected chi connectivity index (χ2v) is 8.06.